The van der Waals surface area contributed by atoms with Gasteiger partial charge in [0.2, 0.25) is 10.0 Å². The highest BCUT2D eigenvalue weighted by atomic mass is 35.5. The molecule has 1 unspecified atom stereocenters. The van der Waals surface area contributed by atoms with E-state index in [0.29, 0.717) is 24.6 Å². The molecule has 1 atom stereocenters. The number of hydrogen-bond acceptors (Lipinski definition) is 4. The highest BCUT2D eigenvalue weighted by Crippen LogP contribution is 2.25. The van der Waals surface area contributed by atoms with E-state index in [-0.39, 0.29) is 23.3 Å². The Hall–Kier alpha value is -1.13. The Bertz CT molecular complexity index is 617. The van der Waals surface area contributed by atoms with E-state index < -0.39 is 10.0 Å². The Morgan fingerprint density at radius 2 is 2.00 bits per heavy atom. The molecule has 0 aliphatic carbocycles. The molecule has 0 radical (unpaired) electrons. The standard InChI is InChI=1S/C14H19N3O2S.ClH/c1-11(16)13-5-7-17(8-6-13)20(18,19)14-4-2-3-12(9-14)10-15;/h2-4,9,11,13H,5-8,16H2,1H3;1H. The van der Waals surface area contributed by atoms with Crippen molar-refractivity contribution in [2.75, 3.05) is 13.1 Å². The Balaban J connectivity index is 0.00000220. The van der Waals surface area contributed by atoms with Crippen LogP contribution in [0.25, 0.3) is 0 Å². The van der Waals surface area contributed by atoms with E-state index in [9.17, 15) is 8.42 Å². The van der Waals surface area contributed by atoms with Gasteiger partial charge in [0, 0.05) is 19.1 Å². The molecule has 1 heterocycles. The molecular formula is C14H20ClN3O2S. The van der Waals surface area contributed by atoms with Crippen LogP contribution < -0.4 is 5.73 Å². The van der Waals surface area contributed by atoms with Gasteiger partial charge in [-0.05, 0) is 43.9 Å². The number of nitrogens with two attached hydrogens (primary N) is 1. The predicted molar refractivity (Wildman–Crippen MR) is 83.5 cm³/mol. The Labute approximate surface area is 132 Å². The summed E-state index contributed by atoms with van der Waals surface area (Å²) >= 11 is 0. The molecule has 7 heteroatoms. The van der Waals surface area contributed by atoms with Gasteiger partial charge in [-0.2, -0.15) is 9.57 Å². The molecule has 1 aliphatic heterocycles. The van der Waals surface area contributed by atoms with Crippen molar-refractivity contribution in [3.8, 4) is 6.07 Å². The highest BCUT2D eigenvalue weighted by molar-refractivity contribution is 7.89. The van der Waals surface area contributed by atoms with E-state index in [4.69, 9.17) is 11.0 Å². The lowest BCUT2D eigenvalue weighted by Gasteiger charge is -2.32. The lowest BCUT2D eigenvalue weighted by Crippen LogP contribution is -2.42. The third kappa shape index (κ3) is 3.95. The Morgan fingerprint density at radius 3 is 2.52 bits per heavy atom. The Morgan fingerprint density at radius 1 is 1.38 bits per heavy atom. The van der Waals surface area contributed by atoms with Crippen LogP contribution in [-0.4, -0.2) is 31.9 Å². The summed E-state index contributed by atoms with van der Waals surface area (Å²) in [6, 6.07) is 8.22. The van der Waals surface area contributed by atoms with Gasteiger partial charge >= 0.3 is 0 Å². The zero-order valence-corrected chi connectivity index (χ0v) is 13.5. The number of nitrogens with zero attached hydrogens (tertiary/aromatic N) is 2. The molecule has 0 aromatic heterocycles. The molecule has 1 fully saturated rings. The SMILES string of the molecule is CC(N)C1CCN(S(=O)(=O)c2cccc(C#N)c2)CC1.Cl. The maximum absolute atomic E-state index is 12.5. The fourth-order valence-corrected chi connectivity index (χ4v) is 4.03. The van der Waals surface area contributed by atoms with E-state index in [1.54, 1.807) is 12.1 Å². The second kappa shape index (κ2) is 7.23. The molecule has 21 heavy (non-hydrogen) atoms. The summed E-state index contributed by atoms with van der Waals surface area (Å²) < 4.78 is 26.5. The van der Waals surface area contributed by atoms with Crippen molar-refractivity contribution in [3.05, 3.63) is 29.8 Å². The van der Waals surface area contributed by atoms with Crippen LogP contribution in [-0.2, 0) is 10.0 Å². The number of halogens is 1. The number of sulfonamides is 1. The van der Waals surface area contributed by atoms with E-state index in [2.05, 4.69) is 0 Å². The number of benzene rings is 1. The molecule has 1 aliphatic rings. The van der Waals surface area contributed by atoms with E-state index in [0.717, 1.165) is 12.8 Å². The second-order valence-electron chi connectivity index (χ2n) is 5.24. The minimum Gasteiger partial charge on any atom is -0.328 e. The van der Waals surface area contributed by atoms with Gasteiger partial charge in [-0.15, -0.1) is 12.4 Å². The quantitative estimate of drug-likeness (QED) is 0.914. The van der Waals surface area contributed by atoms with Gasteiger partial charge in [-0.3, -0.25) is 0 Å². The lowest BCUT2D eigenvalue weighted by molar-refractivity contribution is 0.250. The molecule has 0 amide bonds. The van der Waals surface area contributed by atoms with Gasteiger partial charge in [0.15, 0.2) is 0 Å². The van der Waals surface area contributed by atoms with Crippen LogP contribution in [0.1, 0.15) is 25.3 Å². The first-order chi connectivity index (χ1) is 9.45. The molecular weight excluding hydrogens is 310 g/mol. The number of hydrogen-bond donors (Lipinski definition) is 1. The van der Waals surface area contributed by atoms with Crippen LogP contribution in [0.4, 0.5) is 0 Å². The highest BCUT2D eigenvalue weighted by Gasteiger charge is 2.30. The second-order valence-corrected chi connectivity index (χ2v) is 7.18. The van der Waals surface area contributed by atoms with E-state index >= 15 is 0 Å². The van der Waals surface area contributed by atoms with Crippen molar-refractivity contribution in [2.45, 2.75) is 30.7 Å². The Kier molecular flexibility index (Phi) is 6.17. The van der Waals surface area contributed by atoms with Gasteiger partial charge in [0.25, 0.3) is 0 Å². The molecule has 2 rings (SSSR count). The fraction of sp³-hybridized carbons (Fsp3) is 0.500. The zero-order chi connectivity index (χ0) is 14.8. The van der Waals surface area contributed by atoms with Crippen LogP contribution in [0.15, 0.2) is 29.2 Å². The monoisotopic (exact) mass is 329 g/mol. The summed E-state index contributed by atoms with van der Waals surface area (Å²) in [5.74, 6) is 0.381. The van der Waals surface area contributed by atoms with Crippen molar-refractivity contribution in [1.82, 2.24) is 4.31 Å². The van der Waals surface area contributed by atoms with Crippen LogP contribution in [0.2, 0.25) is 0 Å². The van der Waals surface area contributed by atoms with E-state index in [1.165, 1.54) is 16.4 Å². The van der Waals surface area contributed by atoms with Crippen LogP contribution in [0, 0.1) is 17.2 Å². The average molecular weight is 330 g/mol. The molecule has 2 N–H and O–H groups in total. The molecule has 1 aromatic rings. The molecule has 5 nitrogen and oxygen atoms in total. The first-order valence-corrected chi connectivity index (χ1v) is 8.15. The summed E-state index contributed by atoms with van der Waals surface area (Å²) in [7, 11) is -3.50. The van der Waals surface area contributed by atoms with Gasteiger partial charge in [0.05, 0.1) is 16.5 Å². The summed E-state index contributed by atoms with van der Waals surface area (Å²) in [5, 5.41) is 8.86. The number of nitriles is 1. The van der Waals surface area contributed by atoms with Crippen molar-refractivity contribution in [2.24, 2.45) is 11.7 Å². The largest absolute Gasteiger partial charge is 0.328 e. The number of piperidine rings is 1. The van der Waals surface area contributed by atoms with Crippen molar-refractivity contribution in [3.63, 3.8) is 0 Å². The summed E-state index contributed by atoms with van der Waals surface area (Å²) in [6.07, 6.45) is 1.57. The van der Waals surface area contributed by atoms with Crippen molar-refractivity contribution < 1.29 is 8.42 Å². The van der Waals surface area contributed by atoms with Gasteiger partial charge in [0.1, 0.15) is 0 Å². The minimum atomic E-state index is -3.50. The zero-order valence-electron chi connectivity index (χ0n) is 11.9. The topological polar surface area (TPSA) is 87.2 Å². The lowest BCUT2D eigenvalue weighted by atomic mass is 9.92. The molecule has 1 aromatic carbocycles. The maximum Gasteiger partial charge on any atom is 0.243 e. The molecule has 1 saturated heterocycles. The van der Waals surface area contributed by atoms with Crippen LogP contribution in [0.5, 0.6) is 0 Å². The third-order valence-electron chi connectivity index (χ3n) is 3.84. The normalized spacial score (nSPS) is 18.5. The summed E-state index contributed by atoms with van der Waals surface area (Å²) in [4.78, 5) is 0.191. The first-order valence-electron chi connectivity index (χ1n) is 6.71. The number of rotatable bonds is 3. The van der Waals surface area contributed by atoms with E-state index in [1.807, 2.05) is 13.0 Å². The van der Waals surface area contributed by atoms with Crippen LogP contribution in [0.3, 0.4) is 0 Å². The molecule has 0 saturated carbocycles. The molecule has 0 bridgehead atoms. The van der Waals surface area contributed by atoms with Crippen molar-refractivity contribution in [1.29, 1.82) is 5.26 Å². The van der Waals surface area contributed by atoms with Gasteiger partial charge in [-0.1, -0.05) is 6.07 Å². The fourth-order valence-electron chi connectivity index (χ4n) is 2.52. The van der Waals surface area contributed by atoms with Gasteiger partial charge < -0.3 is 5.73 Å². The molecule has 0 spiro atoms. The first kappa shape index (κ1) is 17.9. The summed E-state index contributed by atoms with van der Waals surface area (Å²) in [5.41, 5.74) is 6.22. The summed E-state index contributed by atoms with van der Waals surface area (Å²) in [6.45, 7) is 2.95. The predicted octanol–water partition coefficient (Wildman–Crippen LogP) is 1.73. The van der Waals surface area contributed by atoms with Gasteiger partial charge in [-0.25, -0.2) is 8.42 Å². The van der Waals surface area contributed by atoms with Crippen molar-refractivity contribution >= 4 is 22.4 Å². The third-order valence-corrected chi connectivity index (χ3v) is 5.74. The molecule has 116 valence electrons. The smallest absolute Gasteiger partial charge is 0.243 e. The maximum atomic E-state index is 12.5. The van der Waals surface area contributed by atoms with Crippen LogP contribution >= 0.6 is 12.4 Å². The average Bonchev–Trinajstić information content (AvgIpc) is 2.47. The minimum absolute atomic E-state index is 0.